The lowest BCUT2D eigenvalue weighted by molar-refractivity contribution is -0.140. The molecule has 0 unspecified atom stereocenters. The van der Waals surface area contributed by atoms with Crippen molar-refractivity contribution >= 4 is 11.8 Å². The lowest BCUT2D eigenvalue weighted by Gasteiger charge is -2.25. The van der Waals surface area contributed by atoms with Gasteiger partial charge in [0.15, 0.2) is 0 Å². The van der Waals surface area contributed by atoms with Crippen LogP contribution in [-0.4, -0.2) is 54.3 Å². The molecule has 0 bridgehead atoms. The van der Waals surface area contributed by atoms with Crippen LogP contribution in [0.5, 0.6) is 0 Å². The van der Waals surface area contributed by atoms with Crippen LogP contribution in [0.3, 0.4) is 0 Å². The summed E-state index contributed by atoms with van der Waals surface area (Å²) in [7, 11) is 3.37. The molecular formula is C11H21N3O2. The number of hydrogen-bond donors (Lipinski definition) is 1. The van der Waals surface area contributed by atoms with E-state index in [-0.39, 0.29) is 18.4 Å². The molecule has 1 aliphatic rings. The first-order valence-electron chi connectivity index (χ1n) is 5.69. The van der Waals surface area contributed by atoms with Gasteiger partial charge in [0.2, 0.25) is 11.8 Å². The number of rotatable bonds is 5. The highest BCUT2D eigenvalue weighted by Crippen LogP contribution is 2.34. The maximum Gasteiger partial charge on any atom is 0.243 e. The molecule has 5 nitrogen and oxygen atoms in total. The van der Waals surface area contributed by atoms with Crippen molar-refractivity contribution in [3.05, 3.63) is 0 Å². The number of carbonyl (C=O) groups excluding carboxylic acids is 2. The number of likely N-dealkylation sites (N-methyl/N-ethyl adjacent to an activating group) is 1. The molecule has 0 aliphatic heterocycles. The lowest BCUT2D eigenvalue weighted by Crippen LogP contribution is -2.49. The smallest absolute Gasteiger partial charge is 0.243 e. The number of nitrogens with two attached hydrogens (primary N) is 1. The molecule has 1 aliphatic carbocycles. The van der Waals surface area contributed by atoms with Crippen molar-refractivity contribution in [2.24, 2.45) is 5.73 Å². The lowest BCUT2D eigenvalue weighted by atomic mass is 10.2. The molecule has 1 fully saturated rings. The second-order valence-corrected chi connectivity index (χ2v) is 4.67. The topological polar surface area (TPSA) is 66.6 Å². The van der Waals surface area contributed by atoms with E-state index in [1.165, 1.54) is 4.90 Å². The summed E-state index contributed by atoms with van der Waals surface area (Å²) < 4.78 is 0. The van der Waals surface area contributed by atoms with Gasteiger partial charge in [-0.3, -0.25) is 9.59 Å². The highest BCUT2D eigenvalue weighted by molar-refractivity contribution is 5.92. The molecule has 2 N–H and O–H groups in total. The average Bonchev–Trinajstić information content (AvgIpc) is 2.95. The van der Waals surface area contributed by atoms with Crippen LogP contribution in [0.1, 0.15) is 26.2 Å². The Morgan fingerprint density at radius 3 is 2.25 bits per heavy atom. The third-order valence-electron chi connectivity index (χ3n) is 2.82. The fourth-order valence-corrected chi connectivity index (χ4v) is 1.49. The molecule has 0 radical (unpaired) electrons. The number of nitrogens with zero attached hydrogens (tertiary/aromatic N) is 2. The van der Waals surface area contributed by atoms with Gasteiger partial charge >= 0.3 is 0 Å². The fraction of sp³-hybridized carbons (Fsp3) is 0.818. The molecule has 16 heavy (non-hydrogen) atoms. The SMILES string of the molecule is CCCN(CC(=O)N(C)C)C(=O)C1(N)CC1. The van der Waals surface area contributed by atoms with Gasteiger partial charge in [-0.25, -0.2) is 0 Å². The Labute approximate surface area is 96.6 Å². The molecule has 92 valence electrons. The molecule has 0 aromatic carbocycles. The normalized spacial score (nSPS) is 16.8. The molecule has 5 heteroatoms. The number of hydrogen-bond acceptors (Lipinski definition) is 3. The average molecular weight is 227 g/mol. The molecular weight excluding hydrogens is 206 g/mol. The molecule has 0 spiro atoms. The summed E-state index contributed by atoms with van der Waals surface area (Å²) in [6.45, 7) is 2.71. The second-order valence-electron chi connectivity index (χ2n) is 4.67. The Hall–Kier alpha value is -1.10. The minimum Gasteiger partial charge on any atom is -0.347 e. The van der Waals surface area contributed by atoms with Crippen LogP contribution in [0.15, 0.2) is 0 Å². The van der Waals surface area contributed by atoms with Gasteiger partial charge in [0.25, 0.3) is 0 Å². The van der Waals surface area contributed by atoms with Gasteiger partial charge in [-0.15, -0.1) is 0 Å². The standard InChI is InChI=1S/C11H21N3O2/c1-4-7-14(8-9(15)13(2)3)10(16)11(12)5-6-11/h4-8,12H2,1-3H3. The molecule has 0 heterocycles. The Kier molecular flexibility index (Phi) is 3.91. The zero-order valence-corrected chi connectivity index (χ0v) is 10.3. The van der Waals surface area contributed by atoms with E-state index >= 15 is 0 Å². The van der Waals surface area contributed by atoms with Crippen molar-refractivity contribution in [2.75, 3.05) is 27.2 Å². The van der Waals surface area contributed by atoms with E-state index < -0.39 is 5.54 Å². The minimum absolute atomic E-state index is 0.0638. The summed E-state index contributed by atoms with van der Waals surface area (Å²) in [5.41, 5.74) is 5.18. The van der Waals surface area contributed by atoms with Crippen LogP contribution >= 0.6 is 0 Å². The van der Waals surface area contributed by atoms with Gasteiger partial charge in [-0.05, 0) is 19.3 Å². The number of carbonyl (C=O) groups is 2. The van der Waals surface area contributed by atoms with Crippen LogP contribution < -0.4 is 5.73 Å². The van der Waals surface area contributed by atoms with Crippen molar-refractivity contribution in [3.63, 3.8) is 0 Å². The van der Waals surface area contributed by atoms with E-state index in [0.717, 1.165) is 19.3 Å². The monoisotopic (exact) mass is 227 g/mol. The van der Waals surface area contributed by atoms with E-state index in [9.17, 15) is 9.59 Å². The Bertz CT molecular complexity index is 285. The van der Waals surface area contributed by atoms with Crippen LogP contribution in [0.2, 0.25) is 0 Å². The highest BCUT2D eigenvalue weighted by Gasteiger charge is 2.48. The molecule has 2 amide bonds. The summed E-state index contributed by atoms with van der Waals surface area (Å²) in [6, 6.07) is 0. The van der Waals surface area contributed by atoms with Gasteiger partial charge in [-0.2, -0.15) is 0 Å². The Balaban J connectivity index is 2.60. The molecule has 1 saturated carbocycles. The Morgan fingerprint density at radius 2 is 1.88 bits per heavy atom. The first-order valence-corrected chi connectivity index (χ1v) is 5.69. The van der Waals surface area contributed by atoms with Crippen molar-refractivity contribution < 1.29 is 9.59 Å². The van der Waals surface area contributed by atoms with Crippen molar-refractivity contribution in [3.8, 4) is 0 Å². The van der Waals surface area contributed by atoms with Gasteiger partial charge in [-0.1, -0.05) is 6.92 Å². The Morgan fingerprint density at radius 1 is 1.31 bits per heavy atom. The summed E-state index contributed by atoms with van der Waals surface area (Å²) in [5, 5.41) is 0. The van der Waals surface area contributed by atoms with Crippen LogP contribution in [0, 0.1) is 0 Å². The van der Waals surface area contributed by atoms with E-state index in [1.807, 2.05) is 6.92 Å². The second kappa shape index (κ2) is 4.82. The van der Waals surface area contributed by atoms with E-state index in [1.54, 1.807) is 19.0 Å². The van der Waals surface area contributed by atoms with Gasteiger partial charge < -0.3 is 15.5 Å². The molecule has 0 atom stereocenters. The van der Waals surface area contributed by atoms with Gasteiger partial charge in [0.05, 0.1) is 12.1 Å². The van der Waals surface area contributed by atoms with E-state index in [4.69, 9.17) is 5.73 Å². The zero-order valence-electron chi connectivity index (χ0n) is 10.3. The third-order valence-corrected chi connectivity index (χ3v) is 2.82. The predicted octanol–water partition coefficient (Wildman–Crippen LogP) is -0.195. The highest BCUT2D eigenvalue weighted by atomic mass is 16.2. The van der Waals surface area contributed by atoms with Gasteiger partial charge in [0, 0.05) is 20.6 Å². The molecule has 0 aromatic heterocycles. The number of amides is 2. The minimum atomic E-state index is -0.679. The van der Waals surface area contributed by atoms with Crippen LogP contribution in [0.4, 0.5) is 0 Å². The first-order chi connectivity index (χ1) is 7.40. The summed E-state index contributed by atoms with van der Waals surface area (Å²) >= 11 is 0. The molecule has 0 saturated heterocycles. The van der Waals surface area contributed by atoms with Gasteiger partial charge in [0.1, 0.15) is 0 Å². The van der Waals surface area contributed by atoms with Crippen molar-refractivity contribution in [1.29, 1.82) is 0 Å². The third kappa shape index (κ3) is 2.95. The quantitative estimate of drug-likeness (QED) is 0.707. The molecule has 0 aromatic rings. The van der Waals surface area contributed by atoms with Crippen LogP contribution in [0.25, 0.3) is 0 Å². The summed E-state index contributed by atoms with van der Waals surface area (Å²) in [5.74, 6) is -0.143. The maximum atomic E-state index is 12.0. The van der Waals surface area contributed by atoms with Crippen molar-refractivity contribution in [2.45, 2.75) is 31.7 Å². The summed E-state index contributed by atoms with van der Waals surface area (Å²) in [4.78, 5) is 26.6. The van der Waals surface area contributed by atoms with E-state index in [2.05, 4.69) is 0 Å². The predicted molar refractivity (Wildman–Crippen MR) is 61.7 cm³/mol. The maximum absolute atomic E-state index is 12.0. The summed E-state index contributed by atoms with van der Waals surface area (Å²) in [6.07, 6.45) is 2.31. The molecule has 1 rings (SSSR count). The van der Waals surface area contributed by atoms with Crippen molar-refractivity contribution in [1.82, 2.24) is 9.80 Å². The van der Waals surface area contributed by atoms with Crippen LogP contribution in [-0.2, 0) is 9.59 Å². The fourth-order valence-electron chi connectivity index (χ4n) is 1.49. The van der Waals surface area contributed by atoms with E-state index in [0.29, 0.717) is 6.54 Å². The zero-order chi connectivity index (χ0) is 12.3. The largest absolute Gasteiger partial charge is 0.347 e. The first kappa shape index (κ1) is 13.0.